The molecule has 0 saturated heterocycles. The van der Waals surface area contributed by atoms with Crippen LogP contribution in [-0.2, 0) is 11.2 Å². The van der Waals surface area contributed by atoms with Crippen LogP contribution in [-0.4, -0.2) is 25.7 Å². The molecule has 2 rings (SSSR count). The maximum atomic E-state index is 12.2. The highest BCUT2D eigenvalue weighted by atomic mass is 16.5. The van der Waals surface area contributed by atoms with Gasteiger partial charge in [-0.25, -0.2) is 0 Å². The molecule has 4 nitrogen and oxygen atoms in total. The van der Waals surface area contributed by atoms with Crippen LogP contribution in [0.15, 0.2) is 42.5 Å². The Morgan fingerprint density at radius 2 is 1.75 bits per heavy atom. The highest BCUT2D eigenvalue weighted by Gasteiger charge is 2.10. The monoisotopic (exact) mass is 327 g/mol. The summed E-state index contributed by atoms with van der Waals surface area (Å²) in [5, 5.41) is 2.97. The van der Waals surface area contributed by atoms with Gasteiger partial charge >= 0.3 is 0 Å². The summed E-state index contributed by atoms with van der Waals surface area (Å²) in [4.78, 5) is 12.2. The summed E-state index contributed by atoms with van der Waals surface area (Å²) in [5.41, 5.74) is 3.41. The number of rotatable bonds is 7. The smallest absolute Gasteiger partial charge is 0.224 e. The van der Waals surface area contributed by atoms with Gasteiger partial charge in [0.25, 0.3) is 0 Å². The molecule has 0 fully saturated rings. The molecule has 128 valence electrons. The van der Waals surface area contributed by atoms with Gasteiger partial charge in [0.15, 0.2) is 0 Å². The standard InChI is InChI=1S/C20H25NO3/c1-14-5-6-17(15(2)11-14)12-20(22)21-16(3)13-24-19-9-7-18(23-4)8-10-19/h5-11,16H,12-13H2,1-4H3,(H,21,22)/t16-/m0/s1. The fraction of sp³-hybridized carbons (Fsp3) is 0.350. The molecular weight excluding hydrogens is 302 g/mol. The summed E-state index contributed by atoms with van der Waals surface area (Å²) in [6.07, 6.45) is 0.388. The van der Waals surface area contributed by atoms with Crippen LogP contribution in [0.25, 0.3) is 0 Å². The fourth-order valence-electron chi connectivity index (χ4n) is 2.48. The number of ether oxygens (including phenoxy) is 2. The lowest BCUT2D eigenvalue weighted by Gasteiger charge is -2.16. The van der Waals surface area contributed by atoms with E-state index in [4.69, 9.17) is 9.47 Å². The van der Waals surface area contributed by atoms with Crippen LogP contribution < -0.4 is 14.8 Å². The van der Waals surface area contributed by atoms with E-state index < -0.39 is 0 Å². The Morgan fingerprint density at radius 1 is 1.08 bits per heavy atom. The number of benzene rings is 2. The average molecular weight is 327 g/mol. The van der Waals surface area contributed by atoms with Gasteiger partial charge in [-0.1, -0.05) is 23.8 Å². The van der Waals surface area contributed by atoms with Crippen LogP contribution in [0.2, 0.25) is 0 Å². The van der Waals surface area contributed by atoms with Crippen molar-refractivity contribution in [2.45, 2.75) is 33.2 Å². The molecule has 0 bridgehead atoms. The SMILES string of the molecule is COc1ccc(OC[C@H](C)NC(=O)Cc2ccc(C)cc2C)cc1. The largest absolute Gasteiger partial charge is 0.497 e. The van der Waals surface area contributed by atoms with Crippen LogP contribution in [0, 0.1) is 13.8 Å². The van der Waals surface area contributed by atoms with E-state index in [2.05, 4.69) is 18.3 Å². The van der Waals surface area contributed by atoms with Gasteiger partial charge < -0.3 is 14.8 Å². The number of nitrogens with one attached hydrogen (secondary N) is 1. The van der Waals surface area contributed by atoms with Gasteiger partial charge in [0.1, 0.15) is 18.1 Å². The summed E-state index contributed by atoms with van der Waals surface area (Å²) < 4.78 is 10.8. The molecule has 0 aliphatic heterocycles. The van der Waals surface area contributed by atoms with Gasteiger partial charge in [0, 0.05) is 0 Å². The van der Waals surface area contributed by atoms with Crippen LogP contribution in [0.5, 0.6) is 11.5 Å². The van der Waals surface area contributed by atoms with Crippen molar-refractivity contribution in [1.82, 2.24) is 5.32 Å². The second-order valence-electron chi connectivity index (χ2n) is 6.06. The Bertz CT molecular complexity index is 680. The van der Waals surface area contributed by atoms with E-state index in [9.17, 15) is 4.79 Å². The Kier molecular flexibility index (Phi) is 6.24. The van der Waals surface area contributed by atoms with Crippen molar-refractivity contribution in [1.29, 1.82) is 0 Å². The van der Waals surface area contributed by atoms with Crippen molar-refractivity contribution in [3.8, 4) is 11.5 Å². The van der Waals surface area contributed by atoms with E-state index in [1.165, 1.54) is 5.56 Å². The molecule has 0 saturated carbocycles. The Hall–Kier alpha value is -2.49. The molecule has 24 heavy (non-hydrogen) atoms. The molecule has 0 unspecified atom stereocenters. The molecule has 2 aromatic rings. The van der Waals surface area contributed by atoms with Gasteiger partial charge in [-0.05, 0) is 56.2 Å². The summed E-state index contributed by atoms with van der Waals surface area (Å²) in [7, 11) is 1.63. The lowest BCUT2D eigenvalue weighted by molar-refractivity contribution is -0.121. The molecular formula is C20H25NO3. The first-order chi connectivity index (χ1) is 11.5. The lowest BCUT2D eigenvalue weighted by atomic mass is 10.0. The van der Waals surface area contributed by atoms with Crippen molar-refractivity contribution in [2.24, 2.45) is 0 Å². The Balaban J connectivity index is 1.80. The first-order valence-electron chi connectivity index (χ1n) is 8.10. The molecule has 1 N–H and O–H groups in total. The first kappa shape index (κ1) is 17.9. The molecule has 4 heteroatoms. The minimum absolute atomic E-state index is 0.00721. The average Bonchev–Trinajstić information content (AvgIpc) is 2.56. The molecule has 0 aromatic heterocycles. The highest BCUT2D eigenvalue weighted by molar-refractivity contribution is 5.79. The summed E-state index contributed by atoms with van der Waals surface area (Å²) in [6, 6.07) is 13.5. The molecule has 0 heterocycles. The number of amides is 1. The first-order valence-corrected chi connectivity index (χ1v) is 8.10. The predicted octanol–water partition coefficient (Wildman–Crippen LogP) is 3.44. The number of hydrogen-bond donors (Lipinski definition) is 1. The fourth-order valence-corrected chi connectivity index (χ4v) is 2.48. The topological polar surface area (TPSA) is 47.6 Å². The third kappa shape index (κ3) is 5.30. The normalized spacial score (nSPS) is 11.7. The van der Waals surface area contributed by atoms with Crippen LogP contribution in [0.1, 0.15) is 23.6 Å². The lowest BCUT2D eigenvalue weighted by Crippen LogP contribution is -2.37. The Labute approximate surface area is 143 Å². The van der Waals surface area contributed by atoms with Gasteiger partial charge in [0.2, 0.25) is 5.91 Å². The molecule has 0 spiro atoms. The van der Waals surface area contributed by atoms with E-state index in [0.29, 0.717) is 13.0 Å². The third-order valence-electron chi connectivity index (χ3n) is 3.82. The second kappa shape index (κ2) is 8.39. The zero-order chi connectivity index (χ0) is 17.5. The minimum atomic E-state index is -0.0645. The van der Waals surface area contributed by atoms with Crippen molar-refractivity contribution < 1.29 is 14.3 Å². The number of carbonyl (C=O) groups is 1. The number of hydrogen-bond acceptors (Lipinski definition) is 3. The van der Waals surface area contributed by atoms with E-state index in [-0.39, 0.29) is 11.9 Å². The van der Waals surface area contributed by atoms with Crippen molar-refractivity contribution in [2.75, 3.05) is 13.7 Å². The molecule has 0 aliphatic carbocycles. The van der Waals surface area contributed by atoms with Gasteiger partial charge in [-0.3, -0.25) is 4.79 Å². The number of methoxy groups -OCH3 is 1. The molecule has 1 amide bonds. The van der Waals surface area contributed by atoms with E-state index in [1.807, 2.05) is 50.2 Å². The van der Waals surface area contributed by atoms with E-state index >= 15 is 0 Å². The van der Waals surface area contributed by atoms with Gasteiger partial charge in [0.05, 0.1) is 19.6 Å². The van der Waals surface area contributed by atoms with Crippen LogP contribution in [0.4, 0.5) is 0 Å². The zero-order valence-corrected chi connectivity index (χ0v) is 14.8. The maximum absolute atomic E-state index is 12.2. The van der Waals surface area contributed by atoms with Crippen molar-refractivity contribution >= 4 is 5.91 Å². The van der Waals surface area contributed by atoms with Crippen molar-refractivity contribution in [3.05, 3.63) is 59.2 Å². The van der Waals surface area contributed by atoms with Crippen LogP contribution >= 0.6 is 0 Å². The molecule has 0 radical (unpaired) electrons. The zero-order valence-electron chi connectivity index (χ0n) is 14.8. The summed E-state index contributed by atoms with van der Waals surface area (Å²) >= 11 is 0. The molecule has 1 atom stereocenters. The van der Waals surface area contributed by atoms with Crippen molar-refractivity contribution in [3.63, 3.8) is 0 Å². The minimum Gasteiger partial charge on any atom is -0.497 e. The summed E-state index contributed by atoms with van der Waals surface area (Å²) in [6.45, 7) is 6.44. The molecule has 0 aliphatic rings. The van der Waals surface area contributed by atoms with Gasteiger partial charge in [-0.2, -0.15) is 0 Å². The van der Waals surface area contributed by atoms with Gasteiger partial charge in [-0.15, -0.1) is 0 Å². The maximum Gasteiger partial charge on any atom is 0.224 e. The molecule has 2 aromatic carbocycles. The van der Waals surface area contributed by atoms with E-state index in [0.717, 1.165) is 22.6 Å². The highest BCUT2D eigenvalue weighted by Crippen LogP contribution is 2.17. The second-order valence-corrected chi connectivity index (χ2v) is 6.06. The quantitative estimate of drug-likeness (QED) is 0.847. The predicted molar refractivity (Wildman–Crippen MR) is 95.7 cm³/mol. The van der Waals surface area contributed by atoms with E-state index in [1.54, 1.807) is 7.11 Å². The summed E-state index contributed by atoms with van der Waals surface area (Å²) in [5.74, 6) is 1.55. The number of aryl methyl sites for hydroxylation is 2. The third-order valence-corrected chi connectivity index (χ3v) is 3.82. The number of carbonyl (C=O) groups excluding carboxylic acids is 1. The Morgan fingerprint density at radius 3 is 2.38 bits per heavy atom. The van der Waals surface area contributed by atoms with Crippen LogP contribution in [0.3, 0.4) is 0 Å².